The van der Waals surface area contributed by atoms with Gasteiger partial charge in [0.25, 0.3) is 0 Å². The monoisotopic (exact) mass is 206 g/mol. The predicted molar refractivity (Wildman–Crippen MR) is 52.7 cm³/mol. The van der Waals surface area contributed by atoms with Crippen LogP contribution in [0.5, 0.6) is 11.9 Å². The van der Waals surface area contributed by atoms with E-state index in [-0.39, 0.29) is 6.01 Å². The Labute approximate surface area is 86.1 Å². The first-order valence-corrected chi connectivity index (χ1v) is 4.32. The smallest absolute Gasteiger partial charge is 0.342 e. The number of aromatic nitrogens is 5. The highest BCUT2D eigenvalue weighted by Crippen LogP contribution is 2.14. The average molecular weight is 206 g/mol. The molecule has 7 heteroatoms. The lowest BCUT2D eigenvalue weighted by Gasteiger charge is -2.01. The minimum Gasteiger partial charge on any atom is -0.404 e. The molecule has 2 rings (SSSR count). The second kappa shape index (κ2) is 3.91. The number of nitrogens with zero attached hydrogens (tertiary/aromatic N) is 5. The molecular weight excluding hydrogens is 196 g/mol. The maximum Gasteiger partial charge on any atom is 0.342 e. The van der Waals surface area contributed by atoms with Gasteiger partial charge in [-0.25, -0.2) is 4.98 Å². The Morgan fingerprint density at radius 2 is 2.27 bits per heavy atom. The summed E-state index contributed by atoms with van der Waals surface area (Å²) < 4.78 is 6.86. The molecule has 0 atom stereocenters. The summed E-state index contributed by atoms with van der Waals surface area (Å²) in [7, 11) is 3.50. The van der Waals surface area contributed by atoms with Crippen LogP contribution in [-0.4, -0.2) is 31.8 Å². The molecule has 0 fully saturated rings. The van der Waals surface area contributed by atoms with Crippen molar-refractivity contribution in [3.05, 3.63) is 18.6 Å². The van der Waals surface area contributed by atoms with Crippen LogP contribution in [0.3, 0.4) is 0 Å². The van der Waals surface area contributed by atoms with Crippen molar-refractivity contribution >= 4 is 5.95 Å². The Hall–Kier alpha value is -2.18. The molecule has 0 aromatic carbocycles. The van der Waals surface area contributed by atoms with Crippen molar-refractivity contribution in [3.63, 3.8) is 0 Å². The predicted octanol–water partition coefficient (Wildman–Crippen LogP) is 0.439. The van der Waals surface area contributed by atoms with Crippen molar-refractivity contribution in [2.24, 2.45) is 7.05 Å². The first kappa shape index (κ1) is 9.38. The Morgan fingerprint density at radius 3 is 2.93 bits per heavy atom. The molecule has 15 heavy (non-hydrogen) atoms. The van der Waals surface area contributed by atoms with Gasteiger partial charge in [0, 0.05) is 26.4 Å². The van der Waals surface area contributed by atoms with Gasteiger partial charge in [0.1, 0.15) is 6.33 Å². The maximum atomic E-state index is 5.31. The second-order valence-electron chi connectivity index (χ2n) is 2.77. The Kier molecular flexibility index (Phi) is 2.44. The molecule has 0 bridgehead atoms. The highest BCUT2D eigenvalue weighted by Gasteiger charge is 2.03. The van der Waals surface area contributed by atoms with Crippen LogP contribution in [0, 0.1) is 0 Å². The highest BCUT2D eigenvalue weighted by molar-refractivity contribution is 5.27. The van der Waals surface area contributed by atoms with Crippen molar-refractivity contribution in [3.8, 4) is 11.9 Å². The first-order chi connectivity index (χ1) is 7.28. The fraction of sp³-hybridized carbons (Fsp3) is 0.250. The third-order valence-electron chi connectivity index (χ3n) is 1.63. The molecule has 0 aliphatic heterocycles. The lowest BCUT2D eigenvalue weighted by molar-refractivity contribution is 0.422. The van der Waals surface area contributed by atoms with Gasteiger partial charge in [0.2, 0.25) is 11.8 Å². The molecule has 7 nitrogen and oxygen atoms in total. The number of hydrogen-bond acceptors (Lipinski definition) is 6. The van der Waals surface area contributed by atoms with Gasteiger partial charge in [-0.15, -0.1) is 5.10 Å². The number of nitrogens with one attached hydrogen (secondary N) is 1. The molecule has 2 aromatic rings. The molecule has 0 aliphatic carbocycles. The molecule has 0 unspecified atom stereocenters. The van der Waals surface area contributed by atoms with Gasteiger partial charge in [-0.3, -0.25) is 4.68 Å². The summed E-state index contributed by atoms with van der Waals surface area (Å²) in [5.74, 6) is 0.893. The van der Waals surface area contributed by atoms with E-state index in [2.05, 4.69) is 25.4 Å². The van der Waals surface area contributed by atoms with Crippen LogP contribution in [0.2, 0.25) is 0 Å². The Bertz CT molecular complexity index is 454. The van der Waals surface area contributed by atoms with Gasteiger partial charge >= 0.3 is 6.01 Å². The standard InChI is InChI=1S/C8H10N6O/c1-9-7-10-4-3-6(12-7)15-8-11-5-14(2)13-8/h3-5H,1-2H3,(H,9,10,12). The van der Waals surface area contributed by atoms with Gasteiger partial charge in [0.15, 0.2) is 0 Å². The molecule has 0 radical (unpaired) electrons. The number of hydrogen-bond donors (Lipinski definition) is 1. The zero-order valence-electron chi connectivity index (χ0n) is 8.38. The van der Waals surface area contributed by atoms with Crippen LogP contribution in [0.1, 0.15) is 0 Å². The summed E-state index contributed by atoms with van der Waals surface area (Å²) >= 11 is 0. The fourth-order valence-corrected chi connectivity index (χ4v) is 0.979. The van der Waals surface area contributed by atoms with E-state index in [1.165, 1.54) is 0 Å². The molecule has 1 N–H and O–H groups in total. The lowest BCUT2D eigenvalue weighted by atomic mass is 10.6. The zero-order chi connectivity index (χ0) is 10.7. The number of ether oxygens (including phenoxy) is 1. The lowest BCUT2D eigenvalue weighted by Crippen LogP contribution is -1.98. The normalized spacial score (nSPS) is 10.0. The number of anilines is 1. The molecular formula is C8H10N6O. The SMILES string of the molecule is CNc1nccc(Oc2ncn(C)n2)n1. The fourth-order valence-electron chi connectivity index (χ4n) is 0.979. The van der Waals surface area contributed by atoms with Gasteiger partial charge in [-0.2, -0.15) is 9.97 Å². The second-order valence-corrected chi connectivity index (χ2v) is 2.77. The molecule has 78 valence electrons. The van der Waals surface area contributed by atoms with E-state index < -0.39 is 0 Å². The number of rotatable bonds is 3. The van der Waals surface area contributed by atoms with Crippen LogP contribution in [0.25, 0.3) is 0 Å². The van der Waals surface area contributed by atoms with E-state index in [1.54, 1.807) is 37.4 Å². The van der Waals surface area contributed by atoms with E-state index in [9.17, 15) is 0 Å². The quantitative estimate of drug-likeness (QED) is 0.785. The van der Waals surface area contributed by atoms with Crippen LogP contribution in [-0.2, 0) is 7.05 Å². The van der Waals surface area contributed by atoms with Crippen molar-refractivity contribution in [2.45, 2.75) is 0 Å². The van der Waals surface area contributed by atoms with Crippen LogP contribution in [0.15, 0.2) is 18.6 Å². The molecule has 2 aromatic heterocycles. The van der Waals surface area contributed by atoms with E-state index in [0.717, 1.165) is 0 Å². The summed E-state index contributed by atoms with van der Waals surface area (Å²) in [5, 5.41) is 6.77. The summed E-state index contributed by atoms with van der Waals surface area (Å²) in [6.45, 7) is 0. The van der Waals surface area contributed by atoms with Crippen LogP contribution >= 0.6 is 0 Å². The van der Waals surface area contributed by atoms with E-state index in [1.807, 2.05) is 0 Å². The van der Waals surface area contributed by atoms with Crippen molar-refractivity contribution in [1.29, 1.82) is 0 Å². The minimum atomic E-state index is 0.262. The molecule has 0 aliphatic rings. The molecule has 0 saturated heterocycles. The molecule has 0 spiro atoms. The first-order valence-electron chi connectivity index (χ1n) is 4.32. The minimum absolute atomic E-state index is 0.262. The zero-order valence-corrected chi connectivity index (χ0v) is 8.38. The maximum absolute atomic E-state index is 5.31. The summed E-state index contributed by atoms with van der Waals surface area (Å²) in [6.07, 6.45) is 3.15. The van der Waals surface area contributed by atoms with Gasteiger partial charge in [-0.1, -0.05) is 0 Å². The summed E-state index contributed by atoms with van der Waals surface area (Å²) in [4.78, 5) is 11.9. The van der Waals surface area contributed by atoms with Crippen molar-refractivity contribution in [1.82, 2.24) is 24.7 Å². The topological polar surface area (TPSA) is 77.8 Å². The summed E-state index contributed by atoms with van der Waals surface area (Å²) in [5.41, 5.74) is 0. The average Bonchev–Trinajstić information content (AvgIpc) is 2.64. The highest BCUT2D eigenvalue weighted by atomic mass is 16.5. The summed E-state index contributed by atoms with van der Waals surface area (Å²) in [6, 6.07) is 1.90. The van der Waals surface area contributed by atoms with Gasteiger partial charge in [-0.05, 0) is 0 Å². The van der Waals surface area contributed by atoms with E-state index in [0.29, 0.717) is 11.8 Å². The van der Waals surface area contributed by atoms with Crippen LogP contribution < -0.4 is 10.1 Å². The molecule has 0 saturated carbocycles. The third-order valence-corrected chi connectivity index (χ3v) is 1.63. The number of aryl methyl sites for hydroxylation is 1. The van der Waals surface area contributed by atoms with Gasteiger partial charge in [0.05, 0.1) is 0 Å². The Morgan fingerprint density at radius 1 is 1.40 bits per heavy atom. The third kappa shape index (κ3) is 2.19. The van der Waals surface area contributed by atoms with Crippen molar-refractivity contribution < 1.29 is 4.74 Å². The molecule has 0 amide bonds. The van der Waals surface area contributed by atoms with E-state index in [4.69, 9.17) is 4.74 Å². The largest absolute Gasteiger partial charge is 0.404 e. The van der Waals surface area contributed by atoms with Crippen LogP contribution in [0.4, 0.5) is 5.95 Å². The van der Waals surface area contributed by atoms with Gasteiger partial charge < -0.3 is 10.1 Å². The molecule has 2 heterocycles. The van der Waals surface area contributed by atoms with E-state index >= 15 is 0 Å². The van der Waals surface area contributed by atoms with Crippen molar-refractivity contribution in [2.75, 3.05) is 12.4 Å². The Balaban J connectivity index is 2.16.